The van der Waals surface area contributed by atoms with Gasteiger partial charge in [-0.3, -0.25) is 0 Å². The molecule has 0 heterocycles. The van der Waals surface area contributed by atoms with Crippen molar-refractivity contribution < 1.29 is 13.2 Å². The van der Waals surface area contributed by atoms with Crippen LogP contribution in [-0.4, -0.2) is 44.8 Å². The SMILES string of the molecule is CN(Cc1cccc(C#N)c1)C(=O)NCc1ccccc1S(=O)(=O)N(C)C. The first-order chi connectivity index (χ1) is 12.8. The predicted octanol–water partition coefficient (Wildman–Crippen LogP) is 2.15. The molecule has 0 aromatic heterocycles. The Morgan fingerprint density at radius 2 is 1.81 bits per heavy atom. The van der Waals surface area contributed by atoms with Crippen LogP contribution < -0.4 is 5.32 Å². The summed E-state index contributed by atoms with van der Waals surface area (Å²) < 4.78 is 26.0. The summed E-state index contributed by atoms with van der Waals surface area (Å²) in [6.07, 6.45) is 0. The molecule has 0 aliphatic carbocycles. The number of rotatable bonds is 6. The second kappa shape index (κ2) is 8.66. The zero-order valence-electron chi connectivity index (χ0n) is 15.5. The lowest BCUT2D eigenvalue weighted by Crippen LogP contribution is -2.36. The zero-order chi connectivity index (χ0) is 20.0. The molecule has 2 aromatic carbocycles. The van der Waals surface area contributed by atoms with Gasteiger partial charge in [0.25, 0.3) is 0 Å². The fourth-order valence-corrected chi connectivity index (χ4v) is 3.60. The number of carbonyl (C=O) groups is 1. The maximum atomic E-state index is 12.4. The number of hydrogen-bond acceptors (Lipinski definition) is 4. The first-order valence-corrected chi connectivity index (χ1v) is 9.68. The summed E-state index contributed by atoms with van der Waals surface area (Å²) in [6.45, 7) is 0.420. The van der Waals surface area contributed by atoms with Gasteiger partial charge in [0.05, 0.1) is 16.5 Å². The van der Waals surface area contributed by atoms with Gasteiger partial charge >= 0.3 is 6.03 Å². The van der Waals surface area contributed by atoms with Crippen LogP contribution in [0.25, 0.3) is 0 Å². The summed E-state index contributed by atoms with van der Waals surface area (Å²) in [5.74, 6) is 0. The molecule has 0 unspecified atom stereocenters. The van der Waals surface area contributed by atoms with Crippen molar-refractivity contribution >= 4 is 16.1 Å². The van der Waals surface area contributed by atoms with E-state index in [-0.39, 0.29) is 17.5 Å². The lowest BCUT2D eigenvalue weighted by molar-refractivity contribution is 0.206. The van der Waals surface area contributed by atoms with Gasteiger partial charge in [0.2, 0.25) is 10.0 Å². The molecule has 2 rings (SSSR count). The number of urea groups is 1. The van der Waals surface area contributed by atoms with Gasteiger partial charge in [-0.25, -0.2) is 17.5 Å². The van der Waals surface area contributed by atoms with Gasteiger partial charge in [-0.2, -0.15) is 5.26 Å². The highest BCUT2D eigenvalue weighted by atomic mass is 32.2. The van der Waals surface area contributed by atoms with Crippen molar-refractivity contribution in [3.8, 4) is 6.07 Å². The van der Waals surface area contributed by atoms with E-state index in [1.165, 1.54) is 25.1 Å². The Kier molecular flexibility index (Phi) is 6.55. The summed E-state index contributed by atoms with van der Waals surface area (Å²) >= 11 is 0. The summed E-state index contributed by atoms with van der Waals surface area (Å²) in [4.78, 5) is 14.0. The number of benzene rings is 2. The van der Waals surface area contributed by atoms with Crippen molar-refractivity contribution in [2.24, 2.45) is 0 Å². The molecule has 142 valence electrons. The van der Waals surface area contributed by atoms with E-state index in [0.717, 1.165) is 9.87 Å². The van der Waals surface area contributed by atoms with Crippen LogP contribution in [-0.2, 0) is 23.1 Å². The predicted molar refractivity (Wildman–Crippen MR) is 102 cm³/mol. The van der Waals surface area contributed by atoms with Crippen LogP contribution in [0.3, 0.4) is 0 Å². The van der Waals surface area contributed by atoms with Crippen LogP contribution in [0.2, 0.25) is 0 Å². The highest BCUT2D eigenvalue weighted by Gasteiger charge is 2.21. The number of hydrogen-bond donors (Lipinski definition) is 1. The van der Waals surface area contributed by atoms with Crippen molar-refractivity contribution in [1.29, 1.82) is 5.26 Å². The van der Waals surface area contributed by atoms with Gasteiger partial charge in [-0.15, -0.1) is 0 Å². The summed E-state index contributed by atoms with van der Waals surface area (Å²) in [6, 6.07) is 15.3. The molecule has 0 fully saturated rings. The van der Waals surface area contributed by atoms with E-state index in [1.807, 2.05) is 6.07 Å². The van der Waals surface area contributed by atoms with Gasteiger partial charge in [-0.1, -0.05) is 30.3 Å². The summed E-state index contributed by atoms with van der Waals surface area (Å²) in [5.41, 5.74) is 1.88. The average molecular weight is 386 g/mol. The van der Waals surface area contributed by atoms with Crippen LogP contribution in [0.15, 0.2) is 53.4 Å². The van der Waals surface area contributed by atoms with Crippen molar-refractivity contribution in [2.75, 3.05) is 21.1 Å². The third-order valence-electron chi connectivity index (χ3n) is 3.98. The quantitative estimate of drug-likeness (QED) is 0.823. The Bertz CT molecular complexity index is 965. The Hall–Kier alpha value is -2.89. The number of nitriles is 1. The maximum Gasteiger partial charge on any atom is 0.317 e. The largest absolute Gasteiger partial charge is 0.334 e. The molecule has 0 radical (unpaired) electrons. The van der Waals surface area contributed by atoms with E-state index in [1.54, 1.807) is 43.4 Å². The van der Waals surface area contributed by atoms with E-state index in [4.69, 9.17) is 5.26 Å². The highest BCUT2D eigenvalue weighted by Crippen LogP contribution is 2.18. The summed E-state index contributed by atoms with van der Waals surface area (Å²) in [5, 5.41) is 11.7. The van der Waals surface area contributed by atoms with Crippen molar-refractivity contribution in [3.05, 3.63) is 65.2 Å². The second-order valence-electron chi connectivity index (χ2n) is 6.22. The number of nitrogens with zero attached hydrogens (tertiary/aromatic N) is 3. The molecule has 0 aliphatic rings. The molecule has 2 aromatic rings. The van der Waals surface area contributed by atoms with Gasteiger partial charge in [0.1, 0.15) is 0 Å². The van der Waals surface area contributed by atoms with Crippen molar-refractivity contribution in [2.45, 2.75) is 18.0 Å². The monoisotopic (exact) mass is 386 g/mol. The van der Waals surface area contributed by atoms with Crippen LogP contribution in [0.1, 0.15) is 16.7 Å². The minimum atomic E-state index is -3.59. The third-order valence-corrected chi connectivity index (χ3v) is 5.90. The van der Waals surface area contributed by atoms with Gasteiger partial charge < -0.3 is 10.2 Å². The molecular formula is C19H22N4O3S. The molecule has 0 saturated heterocycles. The fraction of sp³-hybridized carbons (Fsp3) is 0.263. The molecule has 1 N–H and O–H groups in total. The van der Waals surface area contributed by atoms with Crippen LogP contribution in [0.5, 0.6) is 0 Å². The molecule has 0 atom stereocenters. The topological polar surface area (TPSA) is 93.5 Å². The second-order valence-corrected chi connectivity index (χ2v) is 8.34. The summed E-state index contributed by atoms with van der Waals surface area (Å²) in [7, 11) is 0.974. The van der Waals surface area contributed by atoms with Crippen LogP contribution >= 0.6 is 0 Å². The minimum absolute atomic E-state index is 0.0879. The fourth-order valence-electron chi connectivity index (χ4n) is 2.49. The zero-order valence-corrected chi connectivity index (χ0v) is 16.3. The number of amides is 2. The van der Waals surface area contributed by atoms with Crippen LogP contribution in [0, 0.1) is 11.3 Å². The van der Waals surface area contributed by atoms with E-state index in [0.29, 0.717) is 17.7 Å². The molecular weight excluding hydrogens is 364 g/mol. The van der Waals surface area contributed by atoms with E-state index >= 15 is 0 Å². The van der Waals surface area contributed by atoms with E-state index in [9.17, 15) is 13.2 Å². The van der Waals surface area contributed by atoms with Gasteiger partial charge in [0.15, 0.2) is 0 Å². The van der Waals surface area contributed by atoms with Crippen molar-refractivity contribution in [3.63, 3.8) is 0 Å². The lowest BCUT2D eigenvalue weighted by Gasteiger charge is -2.19. The standard InChI is InChI=1S/C19H22N4O3S/c1-22(2)27(25,26)18-10-5-4-9-17(18)13-21-19(24)23(3)14-16-8-6-7-15(11-16)12-20/h4-11H,13-14H2,1-3H3,(H,21,24). The van der Waals surface area contributed by atoms with E-state index in [2.05, 4.69) is 11.4 Å². The molecule has 0 spiro atoms. The normalized spacial score (nSPS) is 11.1. The Morgan fingerprint density at radius 3 is 2.48 bits per heavy atom. The molecule has 0 aliphatic heterocycles. The smallest absolute Gasteiger partial charge is 0.317 e. The minimum Gasteiger partial charge on any atom is -0.334 e. The first kappa shape index (κ1) is 20.4. The number of sulfonamides is 1. The van der Waals surface area contributed by atoms with Gasteiger partial charge in [0, 0.05) is 34.2 Å². The van der Waals surface area contributed by atoms with Crippen LogP contribution in [0.4, 0.5) is 4.79 Å². The Balaban J connectivity index is 2.06. The Morgan fingerprint density at radius 1 is 1.11 bits per heavy atom. The molecule has 0 bridgehead atoms. The average Bonchev–Trinajstić information content (AvgIpc) is 2.66. The lowest BCUT2D eigenvalue weighted by atomic mass is 10.1. The number of nitrogens with one attached hydrogen (secondary N) is 1. The molecule has 0 saturated carbocycles. The Labute approximate surface area is 159 Å². The maximum absolute atomic E-state index is 12.4. The molecule has 27 heavy (non-hydrogen) atoms. The molecule has 7 nitrogen and oxygen atoms in total. The van der Waals surface area contributed by atoms with Crippen molar-refractivity contribution in [1.82, 2.24) is 14.5 Å². The molecule has 8 heteroatoms. The number of carbonyl (C=O) groups excluding carboxylic acids is 1. The third kappa shape index (κ3) is 5.06. The molecule has 2 amide bonds. The first-order valence-electron chi connectivity index (χ1n) is 8.24. The van der Waals surface area contributed by atoms with Gasteiger partial charge in [-0.05, 0) is 29.3 Å². The highest BCUT2D eigenvalue weighted by molar-refractivity contribution is 7.89. The van der Waals surface area contributed by atoms with E-state index < -0.39 is 10.0 Å².